The summed E-state index contributed by atoms with van der Waals surface area (Å²) in [5.41, 5.74) is 1.15. The molecular weight excluding hydrogens is 256 g/mol. The molecule has 3 atom stereocenters. The highest BCUT2D eigenvalue weighted by atomic mass is 32.1. The molecule has 1 aliphatic carbocycles. The van der Waals surface area contributed by atoms with Crippen LogP contribution in [-0.4, -0.2) is 34.7 Å². The van der Waals surface area contributed by atoms with Crippen LogP contribution in [0.5, 0.6) is 0 Å². The van der Waals surface area contributed by atoms with Crippen LogP contribution in [0.2, 0.25) is 0 Å². The summed E-state index contributed by atoms with van der Waals surface area (Å²) in [5, 5.41) is 13.4. The summed E-state index contributed by atoms with van der Waals surface area (Å²) in [6.07, 6.45) is 4.49. The molecule has 0 amide bonds. The zero-order chi connectivity index (χ0) is 13.8. The number of hydrogen-bond donors (Lipinski definition) is 1. The van der Waals surface area contributed by atoms with Gasteiger partial charge in [-0.15, -0.1) is 11.3 Å². The molecule has 2 rings (SSSR count). The summed E-state index contributed by atoms with van der Waals surface area (Å²) < 4.78 is 0. The van der Waals surface area contributed by atoms with Crippen molar-refractivity contribution >= 4 is 11.3 Å². The summed E-state index contributed by atoms with van der Waals surface area (Å²) in [6.45, 7) is 6.19. The molecule has 3 nitrogen and oxygen atoms in total. The minimum absolute atomic E-state index is 0.109. The van der Waals surface area contributed by atoms with Gasteiger partial charge in [0.25, 0.3) is 0 Å². The third kappa shape index (κ3) is 4.26. The number of rotatable bonds is 5. The quantitative estimate of drug-likeness (QED) is 0.901. The van der Waals surface area contributed by atoms with Gasteiger partial charge < -0.3 is 10.0 Å². The maximum atomic E-state index is 10.2. The summed E-state index contributed by atoms with van der Waals surface area (Å²) in [5.74, 6) is 1.24. The first-order chi connectivity index (χ1) is 9.08. The number of thiazole rings is 1. The van der Waals surface area contributed by atoms with Crippen molar-refractivity contribution < 1.29 is 5.11 Å². The maximum Gasteiger partial charge on any atom is 0.0897 e. The number of aromatic nitrogens is 1. The summed E-state index contributed by atoms with van der Waals surface area (Å²) >= 11 is 1.71. The van der Waals surface area contributed by atoms with Gasteiger partial charge >= 0.3 is 0 Å². The second-order valence-corrected chi connectivity index (χ2v) is 7.03. The third-order valence-electron chi connectivity index (χ3n) is 4.27. The number of aryl methyl sites for hydroxylation is 1. The van der Waals surface area contributed by atoms with Gasteiger partial charge in [0, 0.05) is 18.5 Å². The molecule has 4 heteroatoms. The molecule has 1 N–H and O–H groups in total. The molecule has 1 heterocycles. The fourth-order valence-electron chi connectivity index (χ4n) is 3.13. The second kappa shape index (κ2) is 6.82. The van der Waals surface area contributed by atoms with Gasteiger partial charge in [-0.3, -0.25) is 0 Å². The highest BCUT2D eigenvalue weighted by Gasteiger charge is 2.29. The molecule has 108 valence electrons. The van der Waals surface area contributed by atoms with Gasteiger partial charge in [-0.25, -0.2) is 4.98 Å². The average molecular weight is 282 g/mol. The van der Waals surface area contributed by atoms with E-state index in [1.165, 1.54) is 19.3 Å². The molecule has 19 heavy (non-hydrogen) atoms. The van der Waals surface area contributed by atoms with Crippen LogP contribution in [0.3, 0.4) is 0 Å². The predicted octanol–water partition coefficient (Wildman–Crippen LogP) is 3.07. The number of aliphatic hydroxyl groups is 1. The Morgan fingerprint density at radius 2 is 2.26 bits per heavy atom. The number of aliphatic hydroxyl groups excluding tert-OH is 1. The van der Waals surface area contributed by atoms with E-state index in [0.29, 0.717) is 5.92 Å². The van der Waals surface area contributed by atoms with Gasteiger partial charge in [0.15, 0.2) is 0 Å². The fraction of sp³-hybridized carbons (Fsp3) is 0.800. The van der Waals surface area contributed by atoms with Gasteiger partial charge in [0.05, 0.1) is 16.8 Å². The Morgan fingerprint density at radius 1 is 1.47 bits per heavy atom. The lowest BCUT2D eigenvalue weighted by molar-refractivity contribution is 0.0297. The first-order valence-corrected chi connectivity index (χ1v) is 8.24. The standard InChI is InChI=1S/C15H26N2OS/c1-4-12-5-6-15(18)13(7-12)8-17(3)9-14-10-19-11(2)16-14/h10,12-13,15,18H,4-9H2,1-3H3. The van der Waals surface area contributed by atoms with Gasteiger partial charge in [-0.1, -0.05) is 13.3 Å². The lowest BCUT2D eigenvalue weighted by Crippen LogP contribution is -2.37. The zero-order valence-corrected chi connectivity index (χ0v) is 13.1. The highest BCUT2D eigenvalue weighted by molar-refractivity contribution is 7.09. The van der Waals surface area contributed by atoms with E-state index < -0.39 is 0 Å². The van der Waals surface area contributed by atoms with Crippen LogP contribution in [0.15, 0.2) is 5.38 Å². The van der Waals surface area contributed by atoms with Gasteiger partial charge in [-0.2, -0.15) is 0 Å². The van der Waals surface area contributed by atoms with Gasteiger partial charge in [0.1, 0.15) is 0 Å². The van der Waals surface area contributed by atoms with Gasteiger partial charge in [-0.05, 0) is 45.1 Å². The first-order valence-electron chi connectivity index (χ1n) is 7.36. The van der Waals surface area contributed by atoms with Crippen LogP contribution in [-0.2, 0) is 6.54 Å². The molecule has 1 saturated carbocycles. The minimum atomic E-state index is -0.109. The van der Waals surface area contributed by atoms with Crippen molar-refractivity contribution in [2.75, 3.05) is 13.6 Å². The van der Waals surface area contributed by atoms with Crippen molar-refractivity contribution in [3.63, 3.8) is 0 Å². The molecular formula is C15H26N2OS. The second-order valence-electron chi connectivity index (χ2n) is 5.97. The number of nitrogens with zero attached hydrogens (tertiary/aromatic N) is 2. The van der Waals surface area contributed by atoms with E-state index in [1.807, 2.05) is 6.92 Å². The molecule has 3 unspecified atom stereocenters. The minimum Gasteiger partial charge on any atom is -0.393 e. The Balaban J connectivity index is 1.84. The van der Waals surface area contributed by atoms with Crippen LogP contribution in [0.4, 0.5) is 0 Å². The lowest BCUT2D eigenvalue weighted by Gasteiger charge is -2.35. The van der Waals surface area contributed by atoms with Crippen molar-refractivity contribution in [2.45, 2.75) is 52.2 Å². The molecule has 0 bridgehead atoms. The smallest absolute Gasteiger partial charge is 0.0897 e. The predicted molar refractivity (Wildman–Crippen MR) is 80.3 cm³/mol. The van der Waals surface area contributed by atoms with E-state index in [1.54, 1.807) is 11.3 Å². The lowest BCUT2D eigenvalue weighted by atomic mass is 9.78. The van der Waals surface area contributed by atoms with E-state index >= 15 is 0 Å². The number of hydrogen-bond acceptors (Lipinski definition) is 4. The summed E-state index contributed by atoms with van der Waals surface area (Å²) in [7, 11) is 2.14. The van der Waals surface area contributed by atoms with E-state index in [9.17, 15) is 5.11 Å². The molecule has 0 spiro atoms. The van der Waals surface area contributed by atoms with Crippen molar-refractivity contribution in [1.82, 2.24) is 9.88 Å². The molecule has 0 saturated heterocycles. The van der Waals surface area contributed by atoms with E-state index in [4.69, 9.17) is 0 Å². The van der Waals surface area contributed by atoms with Crippen molar-refractivity contribution in [3.8, 4) is 0 Å². The van der Waals surface area contributed by atoms with Crippen molar-refractivity contribution in [2.24, 2.45) is 11.8 Å². The zero-order valence-electron chi connectivity index (χ0n) is 12.3. The molecule has 1 aliphatic rings. The van der Waals surface area contributed by atoms with Crippen LogP contribution < -0.4 is 0 Å². The fourth-order valence-corrected chi connectivity index (χ4v) is 3.74. The van der Waals surface area contributed by atoms with Gasteiger partial charge in [0.2, 0.25) is 0 Å². The van der Waals surface area contributed by atoms with Crippen LogP contribution in [0.25, 0.3) is 0 Å². The van der Waals surface area contributed by atoms with Crippen LogP contribution in [0, 0.1) is 18.8 Å². The first kappa shape index (κ1) is 14.9. The summed E-state index contributed by atoms with van der Waals surface area (Å²) in [6, 6.07) is 0. The summed E-state index contributed by atoms with van der Waals surface area (Å²) in [4.78, 5) is 6.81. The highest BCUT2D eigenvalue weighted by Crippen LogP contribution is 2.31. The van der Waals surface area contributed by atoms with Crippen LogP contribution >= 0.6 is 11.3 Å². The SMILES string of the molecule is CCC1CCC(O)C(CN(C)Cc2csc(C)n2)C1. The normalized spacial score (nSPS) is 27.9. The molecule has 0 radical (unpaired) electrons. The molecule has 1 aromatic heterocycles. The molecule has 1 aromatic rings. The topological polar surface area (TPSA) is 36.4 Å². The molecule has 0 aromatic carbocycles. The van der Waals surface area contributed by atoms with Crippen molar-refractivity contribution in [1.29, 1.82) is 0 Å². The Kier molecular flexibility index (Phi) is 5.37. The monoisotopic (exact) mass is 282 g/mol. The largest absolute Gasteiger partial charge is 0.393 e. The Morgan fingerprint density at radius 3 is 2.89 bits per heavy atom. The Labute approximate surface area is 120 Å². The average Bonchev–Trinajstić information content (AvgIpc) is 2.77. The van der Waals surface area contributed by atoms with Crippen molar-refractivity contribution in [3.05, 3.63) is 16.1 Å². The van der Waals surface area contributed by atoms with Crippen LogP contribution in [0.1, 0.15) is 43.3 Å². The third-order valence-corrected chi connectivity index (χ3v) is 5.10. The van der Waals surface area contributed by atoms with E-state index in [0.717, 1.165) is 36.1 Å². The Hall–Kier alpha value is -0.450. The van der Waals surface area contributed by atoms with E-state index in [-0.39, 0.29) is 6.10 Å². The Bertz CT molecular complexity index is 393. The molecule has 1 fully saturated rings. The van der Waals surface area contributed by atoms with E-state index in [2.05, 4.69) is 29.2 Å². The molecule has 0 aliphatic heterocycles. The maximum absolute atomic E-state index is 10.2.